The highest BCUT2D eigenvalue weighted by Gasteiger charge is 2.34. The third kappa shape index (κ3) is 4.51. The number of carbonyl (C=O) groups is 2. The van der Waals surface area contributed by atoms with Crippen LogP contribution in [0.25, 0.3) is 22.0 Å². The summed E-state index contributed by atoms with van der Waals surface area (Å²) in [4.78, 5) is 25.6. The molecular formula is C24H24FN3O5. The van der Waals surface area contributed by atoms with Gasteiger partial charge in [0, 0.05) is 48.0 Å². The lowest BCUT2D eigenvalue weighted by molar-refractivity contribution is -0.122. The van der Waals surface area contributed by atoms with Gasteiger partial charge < -0.3 is 25.2 Å². The number of hydrogen-bond acceptors (Lipinski definition) is 6. The van der Waals surface area contributed by atoms with Crippen molar-refractivity contribution in [3.8, 4) is 0 Å². The molecule has 0 fully saturated rings. The topological polar surface area (TPSA) is 124 Å². The van der Waals surface area contributed by atoms with Gasteiger partial charge in [0.15, 0.2) is 0 Å². The molecule has 8 nitrogen and oxygen atoms in total. The highest BCUT2D eigenvalue weighted by molar-refractivity contribution is 6.50. The summed E-state index contributed by atoms with van der Waals surface area (Å²) in [6.45, 7) is 0.154. The number of hydrogen-bond donors (Lipinski definition) is 5. The smallest absolute Gasteiger partial charge is 0.259 e. The molecule has 1 unspecified atom stereocenters. The first-order chi connectivity index (χ1) is 15.9. The Labute approximate surface area is 189 Å². The molecule has 3 aromatic rings. The van der Waals surface area contributed by atoms with Crippen molar-refractivity contribution < 1.29 is 29.3 Å². The van der Waals surface area contributed by atoms with Crippen molar-refractivity contribution in [1.29, 1.82) is 0 Å². The number of carbonyl (C=O) groups excluding carboxylic acids is 2. The quantitative estimate of drug-likeness (QED) is 0.313. The molecule has 0 spiro atoms. The molecule has 0 saturated heterocycles. The molecule has 1 aliphatic rings. The number of rotatable bonds is 9. The van der Waals surface area contributed by atoms with Gasteiger partial charge in [-0.15, -0.1) is 0 Å². The van der Waals surface area contributed by atoms with E-state index in [1.165, 1.54) is 12.1 Å². The van der Waals surface area contributed by atoms with E-state index in [1.807, 2.05) is 4.57 Å². The van der Waals surface area contributed by atoms with Gasteiger partial charge in [-0.05, 0) is 42.3 Å². The number of aliphatic hydroxyl groups is 3. The van der Waals surface area contributed by atoms with Crippen LogP contribution < -0.4 is 10.6 Å². The summed E-state index contributed by atoms with van der Waals surface area (Å²) in [5, 5.41) is 33.6. The van der Waals surface area contributed by atoms with E-state index < -0.39 is 30.3 Å². The molecule has 2 amide bonds. The largest absolute Gasteiger partial charge is 0.396 e. The van der Waals surface area contributed by atoms with Crippen molar-refractivity contribution in [1.82, 2.24) is 9.88 Å². The van der Waals surface area contributed by atoms with E-state index in [0.717, 1.165) is 0 Å². The van der Waals surface area contributed by atoms with Gasteiger partial charge in [0.2, 0.25) is 0 Å². The first-order valence-electron chi connectivity index (χ1n) is 10.6. The van der Waals surface area contributed by atoms with Crippen molar-refractivity contribution >= 4 is 39.6 Å². The Hall–Kier alpha value is -3.53. The predicted molar refractivity (Wildman–Crippen MR) is 122 cm³/mol. The van der Waals surface area contributed by atoms with E-state index >= 15 is 0 Å². The molecule has 0 bridgehead atoms. The third-order valence-corrected chi connectivity index (χ3v) is 5.50. The van der Waals surface area contributed by atoms with Crippen molar-refractivity contribution in [2.24, 2.45) is 0 Å². The number of aryl methyl sites for hydroxylation is 1. The van der Waals surface area contributed by atoms with Crippen LogP contribution in [0.1, 0.15) is 17.5 Å². The van der Waals surface area contributed by atoms with Crippen molar-refractivity contribution in [3.05, 3.63) is 65.6 Å². The SMILES string of the molecule is O=C1NC(=O)C(c2cn(CCCO)c3ccc(F)cc23)=C1c1cccc(NCC(O)CO)c1. The van der Waals surface area contributed by atoms with Crippen LogP contribution in [0, 0.1) is 5.82 Å². The van der Waals surface area contributed by atoms with Gasteiger partial charge in [0.05, 0.1) is 23.9 Å². The highest BCUT2D eigenvalue weighted by Crippen LogP contribution is 2.37. The van der Waals surface area contributed by atoms with Crippen LogP contribution >= 0.6 is 0 Å². The molecule has 33 heavy (non-hydrogen) atoms. The molecule has 0 radical (unpaired) electrons. The third-order valence-electron chi connectivity index (χ3n) is 5.50. The van der Waals surface area contributed by atoms with Crippen molar-refractivity contribution in [2.45, 2.75) is 19.1 Å². The second-order valence-electron chi connectivity index (χ2n) is 7.81. The van der Waals surface area contributed by atoms with Gasteiger partial charge >= 0.3 is 0 Å². The molecule has 2 heterocycles. The molecule has 4 rings (SSSR count). The molecule has 1 aromatic heterocycles. The fourth-order valence-corrected chi connectivity index (χ4v) is 3.97. The molecule has 1 aliphatic heterocycles. The molecule has 2 aromatic carbocycles. The minimum absolute atomic E-state index is 0.0199. The number of nitrogens with one attached hydrogen (secondary N) is 2. The number of amides is 2. The second kappa shape index (κ2) is 9.53. The maximum atomic E-state index is 14.1. The molecule has 0 saturated carbocycles. The molecule has 1 atom stereocenters. The number of nitrogens with zero attached hydrogens (tertiary/aromatic N) is 1. The lowest BCUT2D eigenvalue weighted by Crippen LogP contribution is -2.23. The Morgan fingerprint density at radius 3 is 2.61 bits per heavy atom. The Morgan fingerprint density at radius 2 is 1.85 bits per heavy atom. The Balaban J connectivity index is 1.84. The summed E-state index contributed by atoms with van der Waals surface area (Å²) in [6.07, 6.45) is 1.23. The summed E-state index contributed by atoms with van der Waals surface area (Å²) in [5.41, 5.74) is 2.49. The summed E-state index contributed by atoms with van der Waals surface area (Å²) in [7, 11) is 0. The van der Waals surface area contributed by atoms with Crippen LogP contribution in [0.4, 0.5) is 10.1 Å². The fourth-order valence-electron chi connectivity index (χ4n) is 3.97. The van der Waals surface area contributed by atoms with Gasteiger partial charge in [-0.2, -0.15) is 0 Å². The van der Waals surface area contributed by atoms with Gasteiger partial charge in [-0.1, -0.05) is 12.1 Å². The molecule has 172 valence electrons. The highest BCUT2D eigenvalue weighted by atomic mass is 19.1. The summed E-state index contributed by atoms with van der Waals surface area (Å²) in [5.74, 6) is -1.60. The number of aliphatic hydroxyl groups excluding tert-OH is 3. The van der Waals surface area contributed by atoms with Gasteiger partial charge in [0.25, 0.3) is 11.8 Å². The maximum absolute atomic E-state index is 14.1. The van der Waals surface area contributed by atoms with E-state index in [-0.39, 0.29) is 24.3 Å². The van der Waals surface area contributed by atoms with E-state index in [4.69, 9.17) is 5.11 Å². The summed E-state index contributed by atoms with van der Waals surface area (Å²) >= 11 is 0. The first-order valence-corrected chi connectivity index (χ1v) is 10.6. The van der Waals surface area contributed by atoms with Gasteiger partial charge in [-0.3, -0.25) is 14.9 Å². The first kappa shape index (κ1) is 22.7. The van der Waals surface area contributed by atoms with Crippen LogP contribution in [-0.4, -0.2) is 57.6 Å². The number of fused-ring (bicyclic) bond motifs is 1. The van der Waals surface area contributed by atoms with E-state index in [1.54, 1.807) is 36.5 Å². The number of aromatic nitrogens is 1. The minimum Gasteiger partial charge on any atom is -0.396 e. The molecule has 0 aliphatic carbocycles. The van der Waals surface area contributed by atoms with E-state index in [2.05, 4.69) is 10.6 Å². The van der Waals surface area contributed by atoms with Crippen LogP contribution in [-0.2, 0) is 16.1 Å². The normalized spacial score (nSPS) is 14.8. The Bertz CT molecular complexity index is 1250. The van der Waals surface area contributed by atoms with Gasteiger partial charge in [-0.25, -0.2) is 4.39 Å². The number of anilines is 1. The zero-order valence-electron chi connectivity index (χ0n) is 17.7. The number of halogens is 1. The lowest BCUT2D eigenvalue weighted by atomic mass is 9.95. The Morgan fingerprint density at radius 1 is 1.06 bits per heavy atom. The second-order valence-corrected chi connectivity index (χ2v) is 7.81. The zero-order chi connectivity index (χ0) is 23.5. The molecular weight excluding hydrogens is 429 g/mol. The van der Waals surface area contributed by atoms with Gasteiger partial charge in [0.1, 0.15) is 5.82 Å². The summed E-state index contributed by atoms with van der Waals surface area (Å²) < 4.78 is 15.9. The lowest BCUT2D eigenvalue weighted by Gasteiger charge is -2.12. The minimum atomic E-state index is -0.945. The fraction of sp³-hybridized carbons (Fsp3) is 0.250. The van der Waals surface area contributed by atoms with E-state index in [0.29, 0.717) is 40.7 Å². The zero-order valence-corrected chi connectivity index (χ0v) is 17.7. The summed E-state index contributed by atoms with van der Waals surface area (Å²) in [6, 6.07) is 11.1. The monoisotopic (exact) mass is 453 g/mol. The maximum Gasteiger partial charge on any atom is 0.259 e. The Kier molecular flexibility index (Phi) is 6.55. The average molecular weight is 453 g/mol. The average Bonchev–Trinajstić information content (AvgIpc) is 3.31. The number of benzene rings is 2. The molecule has 9 heteroatoms. The van der Waals surface area contributed by atoms with Crippen molar-refractivity contribution in [2.75, 3.05) is 25.1 Å². The van der Waals surface area contributed by atoms with Crippen LogP contribution in [0.15, 0.2) is 48.7 Å². The standard InChI is InChI=1S/C24H24FN3O5/c25-15-5-6-20-18(10-15)19(12-28(20)7-2-8-29)22-21(23(32)27-24(22)33)14-3-1-4-16(9-14)26-11-17(31)13-30/h1,3-6,9-10,12,17,26,29-31H,2,7-8,11,13H2,(H,27,32,33). The molecule has 5 N–H and O–H groups in total. The predicted octanol–water partition coefficient (Wildman–Crippen LogP) is 1.50. The van der Waals surface area contributed by atoms with Crippen LogP contribution in [0.3, 0.4) is 0 Å². The van der Waals surface area contributed by atoms with E-state index in [9.17, 15) is 24.2 Å². The van der Waals surface area contributed by atoms with Crippen LogP contribution in [0.2, 0.25) is 0 Å². The number of imide groups is 1. The van der Waals surface area contributed by atoms with Crippen molar-refractivity contribution in [3.63, 3.8) is 0 Å². The van der Waals surface area contributed by atoms with Crippen LogP contribution in [0.5, 0.6) is 0 Å².